The van der Waals surface area contributed by atoms with Crippen molar-refractivity contribution in [3.05, 3.63) is 0 Å². The van der Waals surface area contributed by atoms with Crippen LogP contribution in [0.15, 0.2) is 0 Å². The number of esters is 1. The van der Waals surface area contributed by atoms with Crippen LogP contribution in [0.1, 0.15) is 19.8 Å². The van der Waals surface area contributed by atoms with Crippen molar-refractivity contribution in [2.24, 2.45) is 0 Å². The fourth-order valence-electron chi connectivity index (χ4n) is 0.649. The molecule has 0 amide bonds. The van der Waals surface area contributed by atoms with Gasteiger partial charge >= 0.3 is 18.3 Å². The van der Waals surface area contributed by atoms with Crippen LogP contribution in [0.4, 0.5) is 26.3 Å². The third kappa shape index (κ3) is 4.39. The molecule has 0 saturated heterocycles. The average Bonchev–Trinajstić information content (AvgIpc) is 2.00. The summed E-state index contributed by atoms with van der Waals surface area (Å²) < 4.78 is 74.5. The Morgan fingerprint density at radius 3 is 2.07 bits per heavy atom. The second kappa shape index (κ2) is 4.71. The quantitative estimate of drug-likeness (QED) is 0.556. The molecule has 0 aromatic heterocycles. The van der Waals surface area contributed by atoms with E-state index in [0.29, 0.717) is 0 Å². The summed E-state index contributed by atoms with van der Waals surface area (Å²) in [6, 6.07) is 0. The van der Waals surface area contributed by atoms with Gasteiger partial charge in [0.15, 0.2) is 0 Å². The van der Waals surface area contributed by atoms with Crippen LogP contribution in [-0.2, 0) is 9.53 Å². The lowest BCUT2D eigenvalue weighted by molar-refractivity contribution is -0.322. The number of halogens is 6. The van der Waals surface area contributed by atoms with E-state index in [1.54, 1.807) is 0 Å². The number of rotatable bonds is 4. The van der Waals surface area contributed by atoms with Gasteiger partial charge in [0, 0.05) is 6.42 Å². The number of carbonyl (C=O) groups is 1. The highest BCUT2D eigenvalue weighted by molar-refractivity contribution is 5.69. The fraction of sp³-hybridized carbons (Fsp3) is 0.857. The number of ether oxygens (including phenoxy) is 1. The van der Waals surface area contributed by atoms with Crippen LogP contribution in [0.2, 0.25) is 0 Å². The molecule has 0 aliphatic rings. The number of carbonyl (C=O) groups excluding carboxylic acids is 1. The molecule has 90 valence electrons. The van der Waals surface area contributed by atoms with Gasteiger partial charge in [-0.1, -0.05) is 6.92 Å². The van der Waals surface area contributed by atoms with Gasteiger partial charge in [0.25, 0.3) is 6.17 Å². The zero-order valence-electron chi connectivity index (χ0n) is 7.58. The molecule has 8 heteroatoms. The van der Waals surface area contributed by atoms with Crippen molar-refractivity contribution in [3.63, 3.8) is 0 Å². The van der Waals surface area contributed by atoms with Crippen LogP contribution in [0.25, 0.3) is 0 Å². The minimum absolute atomic E-state index is 0.109. The van der Waals surface area contributed by atoms with Gasteiger partial charge in [0.2, 0.25) is 0 Å². The van der Waals surface area contributed by atoms with Crippen LogP contribution in [0.3, 0.4) is 0 Å². The molecular weight excluding hydrogens is 230 g/mol. The molecule has 1 atom stereocenters. The monoisotopic (exact) mass is 238 g/mol. The van der Waals surface area contributed by atoms with E-state index >= 15 is 0 Å². The predicted octanol–water partition coefficient (Wildman–Crippen LogP) is 2.82. The van der Waals surface area contributed by atoms with Crippen LogP contribution in [-0.4, -0.2) is 24.4 Å². The van der Waals surface area contributed by atoms with E-state index in [9.17, 15) is 31.1 Å². The first-order chi connectivity index (χ1) is 6.61. The average molecular weight is 238 g/mol. The van der Waals surface area contributed by atoms with Gasteiger partial charge in [-0.2, -0.15) is 22.0 Å². The van der Waals surface area contributed by atoms with Crippen molar-refractivity contribution in [2.45, 2.75) is 38.2 Å². The van der Waals surface area contributed by atoms with Gasteiger partial charge in [0.1, 0.15) is 0 Å². The first-order valence-corrected chi connectivity index (χ1v) is 3.91. The van der Waals surface area contributed by atoms with Crippen LogP contribution in [0.5, 0.6) is 0 Å². The van der Waals surface area contributed by atoms with Gasteiger partial charge in [-0.3, -0.25) is 4.79 Å². The van der Waals surface area contributed by atoms with Gasteiger partial charge in [0.05, 0.1) is 0 Å². The normalized spacial score (nSPS) is 14.9. The minimum Gasteiger partial charge on any atom is -0.398 e. The van der Waals surface area contributed by atoms with Crippen LogP contribution >= 0.6 is 0 Å². The first kappa shape index (κ1) is 14.0. The molecule has 0 saturated carbocycles. The molecule has 0 heterocycles. The largest absolute Gasteiger partial charge is 0.441 e. The topological polar surface area (TPSA) is 26.3 Å². The maximum absolute atomic E-state index is 12.3. The SMILES string of the molecule is CCCC(=O)OC(F)(F)C(F)C(F)(F)F. The second-order valence-electron chi connectivity index (χ2n) is 2.69. The Balaban J connectivity index is 4.48. The van der Waals surface area contributed by atoms with Crippen molar-refractivity contribution >= 4 is 5.97 Å². The third-order valence-corrected chi connectivity index (χ3v) is 1.29. The van der Waals surface area contributed by atoms with Crippen molar-refractivity contribution in [2.75, 3.05) is 0 Å². The molecule has 15 heavy (non-hydrogen) atoms. The van der Waals surface area contributed by atoms with Gasteiger partial charge in [-0.25, -0.2) is 4.39 Å². The second-order valence-corrected chi connectivity index (χ2v) is 2.69. The Hall–Kier alpha value is -0.950. The first-order valence-electron chi connectivity index (χ1n) is 3.91. The Labute approximate surface area is 81.2 Å². The zero-order valence-corrected chi connectivity index (χ0v) is 7.58. The lowest BCUT2D eigenvalue weighted by atomic mass is 10.3. The molecule has 0 radical (unpaired) electrons. The number of hydrogen-bond acceptors (Lipinski definition) is 2. The summed E-state index contributed by atoms with van der Waals surface area (Å²) in [6.07, 6.45) is -15.8. The van der Waals surface area contributed by atoms with E-state index < -0.39 is 30.8 Å². The Kier molecular flexibility index (Phi) is 4.42. The summed E-state index contributed by atoms with van der Waals surface area (Å²) in [6.45, 7) is 1.43. The highest BCUT2D eigenvalue weighted by atomic mass is 19.4. The predicted molar refractivity (Wildman–Crippen MR) is 36.9 cm³/mol. The highest BCUT2D eigenvalue weighted by Gasteiger charge is 2.59. The maximum atomic E-state index is 12.3. The maximum Gasteiger partial charge on any atom is 0.441 e. The van der Waals surface area contributed by atoms with Gasteiger partial charge in [-0.05, 0) is 6.42 Å². The Morgan fingerprint density at radius 2 is 1.73 bits per heavy atom. The van der Waals surface area contributed by atoms with Gasteiger partial charge < -0.3 is 4.74 Å². The van der Waals surface area contributed by atoms with E-state index in [4.69, 9.17) is 0 Å². The van der Waals surface area contributed by atoms with E-state index in [1.165, 1.54) is 6.92 Å². The lowest BCUT2D eigenvalue weighted by Crippen LogP contribution is -2.44. The summed E-state index contributed by atoms with van der Waals surface area (Å²) in [5.74, 6) is -1.57. The molecule has 0 spiro atoms. The molecule has 2 nitrogen and oxygen atoms in total. The minimum atomic E-state index is -5.77. The van der Waals surface area contributed by atoms with Crippen molar-refractivity contribution in [1.82, 2.24) is 0 Å². The standard InChI is InChI=1S/C7H8F6O2/c1-2-3-4(14)15-7(12,13)5(8)6(9,10)11/h5H,2-3H2,1H3. The summed E-state index contributed by atoms with van der Waals surface area (Å²) in [7, 11) is 0. The summed E-state index contributed by atoms with van der Waals surface area (Å²) in [5, 5.41) is 0. The van der Waals surface area contributed by atoms with E-state index in [1.807, 2.05) is 0 Å². The van der Waals surface area contributed by atoms with Gasteiger partial charge in [-0.15, -0.1) is 0 Å². The van der Waals surface area contributed by atoms with Crippen LogP contribution < -0.4 is 0 Å². The fourth-order valence-corrected chi connectivity index (χ4v) is 0.649. The van der Waals surface area contributed by atoms with E-state index in [0.717, 1.165) is 0 Å². The molecule has 0 aliphatic carbocycles. The molecule has 0 rings (SSSR count). The molecule has 0 aromatic carbocycles. The molecule has 1 unspecified atom stereocenters. The number of alkyl halides is 6. The highest BCUT2D eigenvalue weighted by Crippen LogP contribution is 2.35. The van der Waals surface area contributed by atoms with Crippen LogP contribution in [0, 0.1) is 0 Å². The van der Waals surface area contributed by atoms with E-state index in [2.05, 4.69) is 4.74 Å². The Bertz CT molecular complexity index is 224. The molecule has 0 fully saturated rings. The van der Waals surface area contributed by atoms with Crippen molar-refractivity contribution in [3.8, 4) is 0 Å². The summed E-state index contributed by atoms with van der Waals surface area (Å²) in [5.41, 5.74) is 0. The number of hydrogen-bond donors (Lipinski definition) is 0. The van der Waals surface area contributed by atoms with Crippen molar-refractivity contribution < 1.29 is 35.9 Å². The molecule has 0 aromatic rings. The smallest absolute Gasteiger partial charge is 0.398 e. The summed E-state index contributed by atoms with van der Waals surface area (Å²) >= 11 is 0. The summed E-state index contributed by atoms with van der Waals surface area (Å²) in [4.78, 5) is 10.5. The Morgan fingerprint density at radius 1 is 1.27 bits per heavy atom. The van der Waals surface area contributed by atoms with Crippen molar-refractivity contribution in [1.29, 1.82) is 0 Å². The molecular formula is C7H8F6O2. The van der Waals surface area contributed by atoms with E-state index in [-0.39, 0.29) is 6.42 Å². The molecule has 0 N–H and O–H groups in total. The zero-order chi connectivity index (χ0) is 12.3. The molecule has 0 aliphatic heterocycles. The molecule has 0 bridgehead atoms. The third-order valence-electron chi connectivity index (χ3n) is 1.29. The lowest BCUT2D eigenvalue weighted by Gasteiger charge is -2.21.